The van der Waals surface area contributed by atoms with Crippen LogP contribution in [0.3, 0.4) is 0 Å². The molecule has 1 atom stereocenters. The number of hydrogen-bond acceptors (Lipinski definition) is 6. The summed E-state index contributed by atoms with van der Waals surface area (Å²) >= 11 is 0. The minimum atomic E-state index is -0.478. The van der Waals surface area contributed by atoms with Crippen molar-refractivity contribution in [2.75, 3.05) is 27.3 Å². The Morgan fingerprint density at radius 2 is 1.69 bits per heavy atom. The van der Waals surface area contributed by atoms with E-state index in [1.165, 1.54) is 5.56 Å². The normalized spacial score (nSPS) is 20.6. The maximum atomic E-state index is 6.86. The third-order valence-electron chi connectivity index (χ3n) is 7.52. The van der Waals surface area contributed by atoms with Gasteiger partial charge in [-0.05, 0) is 41.5 Å². The monoisotopic (exact) mass is 469 g/mol. The number of methoxy groups -OCH3 is 2. The molecule has 1 saturated heterocycles. The first kappa shape index (κ1) is 22.0. The van der Waals surface area contributed by atoms with Crippen LogP contribution in [0.15, 0.2) is 77.9 Å². The number of benzene rings is 3. The second-order valence-corrected chi connectivity index (χ2v) is 9.53. The molecule has 1 spiro atoms. The largest absolute Gasteiger partial charge is 0.497 e. The summed E-state index contributed by atoms with van der Waals surface area (Å²) in [4.78, 5) is 2.51. The summed E-state index contributed by atoms with van der Waals surface area (Å²) < 4.78 is 17.9. The predicted molar refractivity (Wildman–Crippen MR) is 136 cm³/mol. The molecule has 6 heteroatoms. The Morgan fingerprint density at radius 3 is 2.40 bits per heavy atom. The molecule has 0 aliphatic carbocycles. The lowest BCUT2D eigenvalue weighted by atomic mass is 9.90. The lowest BCUT2D eigenvalue weighted by molar-refractivity contribution is -0.151. The van der Waals surface area contributed by atoms with Crippen LogP contribution in [0.1, 0.15) is 42.0 Å². The van der Waals surface area contributed by atoms with Gasteiger partial charge in [-0.25, -0.2) is 5.01 Å². The van der Waals surface area contributed by atoms with Crippen LogP contribution in [0.25, 0.3) is 0 Å². The first-order chi connectivity index (χ1) is 17.2. The Hall–Kier alpha value is -3.51. The number of likely N-dealkylation sites (tertiary alicyclic amines) is 1. The third kappa shape index (κ3) is 3.92. The van der Waals surface area contributed by atoms with E-state index in [2.05, 4.69) is 58.4 Å². The van der Waals surface area contributed by atoms with Crippen LogP contribution in [-0.2, 0) is 6.54 Å². The number of rotatable bonds is 5. The van der Waals surface area contributed by atoms with Gasteiger partial charge in [0, 0.05) is 44.5 Å². The maximum Gasteiger partial charge on any atom is 0.200 e. The summed E-state index contributed by atoms with van der Waals surface area (Å²) in [7, 11) is 3.41. The summed E-state index contributed by atoms with van der Waals surface area (Å²) in [5.41, 5.74) is 4.23. The Bertz CT molecular complexity index is 1220. The average Bonchev–Trinajstić information content (AvgIpc) is 3.37. The van der Waals surface area contributed by atoms with E-state index in [0.29, 0.717) is 0 Å². The Kier molecular flexibility index (Phi) is 5.61. The first-order valence-corrected chi connectivity index (χ1v) is 12.3. The summed E-state index contributed by atoms with van der Waals surface area (Å²) in [6.45, 7) is 2.87. The zero-order valence-electron chi connectivity index (χ0n) is 20.3. The van der Waals surface area contributed by atoms with Crippen molar-refractivity contribution in [2.45, 2.75) is 37.6 Å². The minimum Gasteiger partial charge on any atom is -0.497 e. The summed E-state index contributed by atoms with van der Waals surface area (Å²) in [6.07, 6.45) is 2.60. The van der Waals surface area contributed by atoms with Gasteiger partial charge in [0.05, 0.1) is 26.0 Å². The second kappa shape index (κ2) is 8.93. The molecule has 1 fully saturated rings. The smallest absolute Gasteiger partial charge is 0.200 e. The van der Waals surface area contributed by atoms with Gasteiger partial charge >= 0.3 is 0 Å². The van der Waals surface area contributed by atoms with Crippen molar-refractivity contribution in [3.63, 3.8) is 0 Å². The van der Waals surface area contributed by atoms with Crippen LogP contribution < -0.4 is 14.2 Å². The standard InChI is InChI=1S/C29H31N3O3/c1-33-23-13-11-22(12-14-23)25-19-26-24-9-6-10-27(34-2)28(24)35-29(32(26)30-25)15-17-31(18-16-29)20-21-7-4-3-5-8-21/h3-14,26H,15-20H2,1-2H3/t26-/m1/s1. The Labute approximate surface area is 206 Å². The fourth-order valence-electron chi connectivity index (χ4n) is 5.62. The number of nitrogens with zero attached hydrogens (tertiary/aromatic N) is 3. The molecule has 0 saturated carbocycles. The van der Waals surface area contributed by atoms with Crippen molar-refractivity contribution in [3.8, 4) is 17.2 Å². The van der Waals surface area contributed by atoms with E-state index in [1.807, 2.05) is 24.3 Å². The number of para-hydroxylation sites is 1. The van der Waals surface area contributed by atoms with Crippen molar-refractivity contribution in [1.82, 2.24) is 9.91 Å². The van der Waals surface area contributed by atoms with Gasteiger partial charge in [0.2, 0.25) is 5.72 Å². The van der Waals surface area contributed by atoms with Crippen LogP contribution in [-0.4, -0.2) is 48.7 Å². The fraction of sp³-hybridized carbons (Fsp3) is 0.345. The van der Waals surface area contributed by atoms with Crippen LogP contribution >= 0.6 is 0 Å². The Balaban J connectivity index is 1.32. The molecule has 0 unspecified atom stereocenters. The van der Waals surface area contributed by atoms with E-state index in [1.54, 1.807) is 14.2 Å². The van der Waals surface area contributed by atoms with Gasteiger partial charge in [-0.1, -0.05) is 42.5 Å². The zero-order chi connectivity index (χ0) is 23.8. The first-order valence-electron chi connectivity index (χ1n) is 12.3. The van der Waals surface area contributed by atoms with Crippen molar-refractivity contribution < 1.29 is 14.2 Å². The lowest BCUT2D eigenvalue weighted by Gasteiger charge is -2.51. The fourth-order valence-corrected chi connectivity index (χ4v) is 5.62. The Morgan fingerprint density at radius 1 is 0.914 bits per heavy atom. The molecule has 0 amide bonds. The molecule has 6 rings (SSSR count). The quantitative estimate of drug-likeness (QED) is 0.511. The van der Waals surface area contributed by atoms with Gasteiger partial charge in [0.15, 0.2) is 11.5 Å². The van der Waals surface area contributed by atoms with Crippen LogP contribution in [0.4, 0.5) is 0 Å². The highest BCUT2D eigenvalue weighted by molar-refractivity contribution is 6.02. The molecule has 35 heavy (non-hydrogen) atoms. The van der Waals surface area contributed by atoms with Crippen molar-refractivity contribution in [3.05, 3.63) is 89.5 Å². The summed E-state index contributed by atoms with van der Waals surface area (Å²) in [6, 6.07) is 25.2. The third-order valence-corrected chi connectivity index (χ3v) is 7.52. The number of hydrazone groups is 1. The summed E-state index contributed by atoms with van der Waals surface area (Å²) in [5, 5.41) is 7.46. The summed E-state index contributed by atoms with van der Waals surface area (Å²) in [5.74, 6) is 2.52. The highest BCUT2D eigenvalue weighted by Crippen LogP contribution is 2.52. The molecule has 0 aromatic heterocycles. The minimum absolute atomic E-state index is 0.131. The molecule has 6 nitrogen and oxygen atoms in total. The molecule has 3 aromatic rings. The highest BCUT2D eigenvalue weighted by Gasteiger charge is 2.52. The van der Waals surface area contributed by atoms with Crippen molar-refractivity contribution in [1.29, 1.82) is 0 Å². The molecule has 0 radical (unpaired) electrons. The maximum absolute atomic E-state index is 6.86. The zero-order valence-corrected chi connectivity index (χ0v) is 20.3. The van der Waals surface area contributed by atoms with E-state index in [-0.39, 0.29) is 6.04 Å². The van der Waals surface area contributed by atoms with E-state index in [9.17, 15) is 0 Å². The van der Waals surface area contributed by atoms with Crippen LogP contribution in [0.5, 0.6) is 17.2 Å². The number of hydrogen-bond donors (Lipinski definition) is 0. The predicted octanol–water partition coefficient (Wildman–Crippen LogP) is 5.24. The molecule has 0 N–H and O–H groups in total. The van der Waals surface area contributed by atoms with Crippen molar-refractivity contribution >= 4 is 5.71 Å². The van der Waals surface area contributed by atoms with Gasteiger partial charge in [0.25, 0.3) is 0 Å². The molecule has 3 aliphatic rings. The average molecular weight is 470 g/mol. The lowest BCUT2D eigenvalue weighted by Crippen LogP contribution is -2.59. The van der Waals surface area contributed by atoms with Gasteiger partial charge in [-0.15, -0.1) is 0 Å². The van der Waals surface area contributed by atoms with Crippen molar-refractivity contribution in [2.24, 2.45) is 5.10 Å². The number of fused-ring (bicyclic) bond motifs is 4. The molecule has 0 bridgehead atoms. The van der Waals surface area contributed by atoms with E-state index in [0.717, 1.165) is 73.0 Å². The second-order valence-electron chi connectivity index (χ2n) is 9.53. The number of piperidine rings is 1. The molecular weight excluding hydrogens is 438 g/mol. The van der Waals surface area contributed by atoms with Gasteiger partial charge < -0.3 is 14.2 Å². The SMILES string of the molecule is COc1ccc(C2=NN3[C@H](C2)c2cccc(OC)c2OC32CCN(Cc3ccccc3)CC2)cc1. The number of ether oxygens (including phenoxy) is 3. The molecule has 3 aliphatic heterocycles. The topological polar surface area (TPSA) is 46.5 Å². The molecule has 3 heterocycles. The van der Waals surface area contributed by atoms with Gasteiger partial charge in [-0.2, -0.15) is 5.10 Å². The van der Waals surface area contributed by atoms with Gasteiger partial charge in [-0.3, -0.25) is 4.90 Å². The van der Waals surface area contributed by atoms with E-state index >= 15 is 0 Å². The van der Waals surface area contributed by atoms with Crippen LogP contribution in [0.2, 0.25) is 0 Å². The molecule has 3 aromatic carbocycles. The molecular formula is C29H31N3O3. The van der Waals surface area contributed by atoms with E-state index < -0.39 is 5.72 Å². The molecule has 180 valence electrons. The van der Waals surface area contributed by atoms with Crippen LogP contribution in [0, 0.1) is 0 Å². The van der Waals surface area contributed by atoms with Gasteiger partial charge in [0.1, 0.15) is 5.75 Å². The van der Waals surface area contributed by atoms with E-state index in [4.69, 9.17) is 19.3 Å². The highest BCUT2D eigenvalue weighted by atomic mass is 16.5.